The zero-order valence-electron chi connectivity index (χ0n) is 10.5. The Hall–Kier alpha value is -1.76. The van der Waals surface area contributed by atoms with Gasteiger partial charge in [-0.25, -0.2) is 0 Å². The van der Waals surface area contributed by atoms with Crippen molar-refractivity contribution in [2.24, 2.45) is 15.8 Å². The average Bonchev–Trinajstić information content (AvgIpc) is 3.11. The highest BCUT2D eigenvalue weighted by Gasteiger charge is 2.24. The van der Waals surface area contributed by atoms with Crippen molar-refractivity contribution >= 4 is 28.5 Å². The van der Waals surface area contributed by atoms with Crippen LogP contribution in [0.15, 0.2) is 20.6 Å². The number of nitrogens with two attached hydrogens (primary N) is 1. The number of rotatable bonds is 3. The predicted molar refractivity (Wildman–Crippen MR) is 74.6 cm³/mol. The van der Waals surface area contributed by atoms with Gasteiger partial charge in [0.05, 0.1) is 11.8 Å². The highest BCUT2D eigenvalue weighted by molar-refractivity contribution is 8.14. The van der Waals surface area contributed by atoms with E-state index in [-0.39, 0.29) is 5.76 Å². The molecule has 0 saturated heterocycles. The minimum Gasteiger partial charge on any atom is -0.456 e. The number of carbonyl (C=O) groups is 1. The van der Waals surface area contributed by atoms with E-state index in [0.29, 0.717) is 17.6 Å². The number of primary amides is 1. The lowest BCUT2D eigenvalue weighted by Crippen LogP contribution is -2.25. The van der Waals surface area contributed by atoms with Crippen LogP contribution >= 0.6 is 11.8 Å². The first-order chi connectivity index (χ1) is 9.13. The number of carbonyl (C=O) groups excluding carboxylic acids is 1. The number of furan rings is 1. The molecule has 100 valence electrons. The topological polar surface area (TPSA) is 93.0 Å². The molecule has 1 aliphatic carbocycles. The molecule has 1 amide bonds. The Bertz CT molecular complexity index is 587. The maximum Gasteiger partial charge on any atom is 0.284 e. The first kappa shape index (κ1) is 12.3. The van der Waals surface area contributed by atoms with Crippen LogP contribution in [0.5, 0.6) is 0 Å². The number of aryl methyl sites for hydroxylation is 1. The van der Waals surface area contributed by atoms with Crippen molar-refractivity contribution in [2.45, 2.75) is 25.8 Å². The monoisotopic (exact) mass is 278 g/mol. The lowest BCUT2D eigenvalue weighted by atomic mass is 10.1. The molecule has 0 radical (unpaired) electrons. The quantitative estimate of drug-likeness (QED) is 0.870. The lowest BCUT2D eigenvalue weighted by molar-refractivity contribution is 0.0972. The van der Waals surface area contributed by atoms with Crippen LogP contribution in [0.25, 0.3) is 0 Å². The summed E-state index contributed by atoms with van der Waals surface area (Å²) in [5.41, 5.74) is 9.80. The second kappa shape index (κ2) is 4.73. The first-order valence-electron chi connectivity index (χ1n) is 6.07. The van der Waals surface area contributed by atoms with Gasteiger partial charge in [0.15, 0.2) is 10.9 Å². The molecule has 2 heterocycles. The van der Waals surface area contributed by atoms with Crippen LogP contribution in [0.1, 0.15) is 34.7 Å². The molecule has 7 heteroatoms. The molecule has 0 unspecified atom stereocenters. The molecule has 3 rings (SSSR count). The second-order valence-corrected chi connectivity index (χ2v) is 5.53. The van der Waals surface area contributed by atoms with E-state index in [9.17, 15) is 4.79 Å². The van der Waals surface area contributed by atoms with Gasteiger partial charge >= 0.3 is 0 Å². The number of thioether (sulfide) groups is 1. The molecular formula is C12H14N4O2S. The third-order valence-corrected chi connectivity index (χ3v) is 3.84. The average molecular weight is 278 g/mol. The fourth-order valence-electron chi connectivity index (χ4n) is 1.78. The number of nitrogens with zero attached hydrogens (tertiary/aromatic N) is 2. The molecule has 0 bridgehead atoms. The SMILES string of the molecule is Cc1oc(C(N)=O)cc1C1=NNC(=NC2CC2)SC1. The standard InChI is InChI=1S/C12H14N4O2S/c1-6-8(4-10(18-6)11(13)17)9-5-19-12(16-15-9)14-7-2-3-7/h4,7H,2-3,5H2,1H3,(H2,13,17)(H,14,16). The minimum absolute atomic E-state index is 0.164. The van der Waals surface area contributed by atoms with E-state index in [0.717, 1.165) is 16.4 Å². The lowest BCUT2D eigenvalue weighted by Gasteiger charge is -2.13. The van der Waals surface area contributed by atoms with Crippen LogP contribution in [0, 0.1) is 6.92 Å². The highest BCUT2D eigenvalue weighted by atomic mass is 32.2. The van der Waals surface area contributed by atoms with E-state index < -0.39 is 5.91 Å². The molecule has 2 aliphatic rings. The van der Waals surface area contributed by atoms with E-state index in [1.165, 1.54) is 12.8 Å². The normalized spacial score (nSPS) is 21.1. The molecule has 1 aromatic heterocycles. The summed E-state index contributed by atoms with van der Waals surface area (Å²) in [7, 11) is 0. The number of amidine groups is 1. The van der Waals surface area contributed by atoms with Gasteiger partial charge in [-0.15, -0.1) is 0 Å². The van der Waals surface area contributed by atoms with Crippen LogP contribution in [0.2, 0.25) is 0 Å². The zero-order valence-corrected chi connectivity index (χ0v) is 11.3. The minimum atomic E-state index is -0.567. The number of hydrogen-bond acceptors (Lipinski definition) is 5. The summed E-state index contributed by atoms with van der Waals surface area (Å²) < 4.78 is 5.31. The van der Waals surface area contributed by atoms with Crippen molar-refractivity contribution in [1.82, 2.24) is 5.43 Å². The van der Waals surface area contributed by atoms with Crippen molar-refractivity contribution in [2.75, 3.05) is 5.75 Å². The van der Waals surface area contributed by atoms with Gasteiger partial charge < -0.3 is 10.2 Å². The third-order valence-electron chi connectivity index (χ3n) is 2.95. The predicted octanol–water partition coefficient (Wildman–Crippen LogP) is 1.25. The number of amides is 1. The number of nitrogens with one attached hydrogen (secondary N) is 1. The van der Waals surface area contributed by atoms with E-state index in [4.69, 9.17) is 10.2 Å². The molecule has 1 fully saturated rings. The molecule has 19 heavy (non-hydrogen) atoms. The van der Waals surface area contributed by atoms with Crippen molar-refractivity contribution in [3.8, 4) is 0 Å². The zero-order chi connectivity index (χ0) is 13.4. The maximum atomic E-state index is 11.1. The van der Waals surface area contributed by atoms with Gasteiger partial charge in [-0.05, 0) is 25.8 Å². The number of hydrogen-bond donors (Lipinski definition) is 2. The highest BCUT2D eigenvalue weighted by Crippen LogP contribution is 2.26. The van der Waals surface area contributed by atoms with Gasteiger partial charge in [0.1, 0.15) is 5.76 Å². The van der Waals surface area contributed by atoms with Crippen molar-refractivity contribution in [3.63, 3.8) is 0 Å². The molecule has 0 aromatic carbocycles. The Balaban J connectivity index is 1.79. The fraction of sp³-hybridized carbons (Fsp3) is 0.417. The summed E-state index contributed by atoms with van der Waals surface area (Å²) >= 11 is 1.61. The van der Waals surface area contributed by atoms with Gasteiger partial charge in [-0.2, -0.15) is 5.10 Å². The molecule has 0 atom stereocenters. The number of aliphatic imine (C=N–C) groups is 1. The number of hydrazone groups is 1. The van der Waals surface area contributed by atoms with Crippen LogP contribution in [-0.4, -0.2) is 28.6 Å². The van der Waals surface area contributed by atoms with Crippen molar-refractivity contribution in [1.29, 1.82) is 0 Å². The second-order valence-electron chi connectivity index (χ2n) is 4.57. The molecule has 1 aromatic rings. The summed E-state index contributed by atoms with van der Waals surface area (Å²) in [4.78, 5) is 15.6. The van der Waals surface area contributed by atoms with E-state index in [2.05, 4.69) is 15.5 Å². The van der Waals surface area contributed by atoms with Gasteiger partial charge in [0, 0.05) is 11.3 Å². The molecular weight excluding hydrogens is 264 g/mol. The Morgan fingerprint density at radius 2 is 2.42 bits per heavy atom. The molecule has 3 N–H and O–H groups in total. The van der Waals surface area contributed by atoms with Crippen molar-refractivity contribution in [3.05, 3.63) is 23.2 Å². The van der Waals surface area contributed by atoms with Crippen LogP contribution in [-0.2, 0) is 0 Å². The summed E-state index contributed by atoms with van der Waals surface area (Å²) in [6, 6.07) is 2.12. The summed E-state index contributed by atoms with van der Waals surface area (Å²) in [5.74, 6) is 0.953. The maximum absolute atomic E-state index is 11.1. The smallest absolute Gasteiger partial charge is 0.284 e. The Labute approximate surface area is 114 Å². The Kier molecular flexibility index (Phi) is 3.06. The van der Waals surface area contributed by atoms with E-state index in [1.807, 2.05) is 0 Å². The van der Waals surface area contributed by atoms with Gasteiger partial charge in [0.25, 0.3) is 5.91 Å². The first-order valence-corrected chi connectivity index (χ1v) is 7.06. The van der Waals surface area contributed by atoms with Gasteiger partial charge in [-0.3, -0.25) is 15.2 Å². The van der Waals surface area contributed by atoms with E-state index >= 15 is 0 Å². The van der Waals surface area contributed by atoms with Crippen molar-refractivity contribution < 1.29 is 9.21 Å². The third kappa shape index (κ3) is 2.65. The summed E-state index contributed by atoms with van der Waals surface area (Å²) in [6.45, 7) is 1.79. The Morgan fingerprint density at radius 3 is 2.95 bits per heavy atom. The molecule has 1 aliphatic heterocycles. The summed E-state index contributed by atoms with van der Waals surface area (Å²) in [5, 5.41) is 5.16. The Morgan fingerprint density at radius 1 is 1.63 bits per heavy atom. The molecule has 6 nitrogen and oxygen atoms in total. The molecule has 1 saturated carbocycles. The van der Waals surface area contributed by atoms with E-state index in [1.54, 1.807) is 24.8 Å². The fourth-order valence-corrected chi connectivity index (χ4v) is 2.61. The van der Waals surface area contributed by atoms with Crippen LogP contribution < -0.4 is 11.2 Å². The van der Waals surface area contributed by atoms with Gasteiger partial charge in [0.2, 0.25) is 0 Å². The van der Waals surface area contributed by atoms with Crippen LogP contribution in [0.4, 0.5) is 0 Å². The molecule has 0 spiro atoms. The van der Waals surface area contributed by atoms with Gasteiger partial charge in [-0.1, -0.05) is 11.8 Å². The summed E-state index contributed by atoms with van der Waals surface area (Å²) in [6.07, 6.45) is 2.34. The van der Waals surface area contributed by atoms with Crippen LogP contribution in [0.3, 0.4) is 0 Å². The largest absolute Gasteiger partial charge is 0.456 e.